The second-order valence-corrected chi connectivity index (χ2v) is 6.18. The average Bonchev–Trinajstić information content (AvgIpc) is 2.89. The van der Waals surface area contributed by atoms with E-state index < -0.39 is 10.0 Å². The minimum Gasteiger partial charge on any atom is -0.452 e. The maximum Gasteiger partial charge on any atom is 0.245 e. The van der Waals surface area contributed by atoms with Crippen LogP contribution < -0.4 is 10.0 Å². The molecule has 0 atom stereocenters. The molecule has 0 amide bonds. The summed E-state index contributed by atoms with van der Waals surface area (Å²) in [4.78, 5) is 0.171. The van der Waals surface area contributed by atoms with Gasteiger partial charge < -0.3 is 9.73 Å². The Morgan fingerprint density at radius 3 is 2.81 bits per heavy atom. The largest absolute Gasteiger partial charge is 0.452 e. The van der Waals surface area contributed by atoms with Crippen LogP contribution in [-0.2, 0) is 16.6 Å². The van der Waals surface area contributed by atoms with Gasteiger partial charge in [0.1, 0.15) is 10.7 Å². The average molecular weight is 309 g/mol. The first-order chi connectivity index (χ1) is 7.53. The van der Waals surface area contributed by atoms with Crippen molar-refractivity contribution >= 4 is 26.0 Å². The van der Waals surface area contributed by atoms with Crippen LogP contribution in [0.5, 0.6) is 0 Å². The number of halogens is 1. The summed E-state index contributed by atoms with van der Waals surface area (Å²) < 4.78 is 31.9. The van der Waals surface area contributed by atoms with Gasteiger partial charge in [-0.15, -0.1) is 0 Å². The summed E-state index contributed by atoms with van der Waals surface area (Å²) in [5.74, 6) is 0.588. The minimum absolute atomic E-state index is 0.0968. The Morgan fingerprint density at radius 1 is 1.56 bits per heavy atom. The van der Waals surface area contributed by atoms with Crippen molar-refractivity contribution in [1.29, 1.82) is 0 Å². The van der Waals surface area contributed by atoms with Gasteiger partial charge >= 0.3 is 0 Å². The van der Waals surface area contributed by atoms with Gasteiger partial charge in [0.15, 0.2) is 4.67 Å². The van der Waals surface area contributed by atoms with E-state index in [0.717, 1.165) is 12.8 Å². The van der Waals surface area contributed by atoms with Crippen LogP contribution in [0.3, 0.4) is 0 Å². The summed E-state index contributed by atoms with van der Waals surface area (Å²) in [6, 6.07) is 1.63. The molecule has 0 aliphatic heterocycles. The Balaban J connectivity index is 2.24. The number of hydrogen-bond acceptors (Lipinski definition) is 4. The van der Waals surface area contributed by atoms with E-state index >= 15 is 0 Å². The Bertz CT molecular complexity index is 479. The third-order valence-electron chi connectivity index (χ3n) is 2.25. The standard InChI is InChI=1S/C9H13BrN2O3S/c1-11-5-7-4-8(9(10)15-7)16(13,14)12-6-2-3-6/h4,6,11-12H,2-3,5H2,1H3. The van der Waals surface area contributed by atoms with Crippen LogP contribution in [0, 0.1) is 0 Å². The lowest BCUT2D eigenvalue weighted by Crippen LogP contribution is -2.25. The quantitative estimate of drug-likeness (QED) is 0.857. The van der Waals surface area contributed by atoms with E-state index in [1.165, 1.54) is 6.07 Å². The van der Waals surface area contributed by atoms with Gasteiger partial charge in [-0.05, 0) is 35.8 Å². The van der Waals surface area contributed by atoms with Crippen LogP contribution in [-0.4, -0.2) is 21.5 Å². The highest BCUT2D eigenvalue weighted by molar-refractivity contribution is 9.10. The van der Waals surface area contributed by atoms with Gasteiger partial charge in [-0.1, -0.05) is 0 Å². The normalized spacial score (nSPS) is 16.6. The van der Waals surface area contributed by atoms with Crippen molar-refractivity contribution in [3.05, 3.63) is 16.5 Å². The summed E-state index contributed by atoms with van der Waals surface area (Å²) in [6.45, 7) is 0.498. The van der Waals surface area contributed by atoms with E-state index in [1.54, 1.807) is 7.05 Å². The Kier molecular flexibility index (Phi) is 3.39. The molecule has 0 radical (unpaired) electrons. The van der Waals surface area contributed by atoms with E-state index in [4.69, 9.17) is 4.42 Å². The van der Waals surface area contributed by atoms with Crippen LogP contribution in [0.1, 0.15) is 18.6 Å². The second-order valence-electron chi connectivity index (χ2n) is 3.78. The summed E-state index contributed by atoms with van der Waals surface area (Å²) in [5, 5.41) is 2.90. The molecule has 1 saturated carbocycles. The fraction of sp³-hybridized carbons (Fsp3) is 0.556. The molecule has 1 aromatic heterocycles. The van der Waals surface area contributed by atoms with E-state index in [1.807, 2.05) is 0 Å². The van der Waals surface area contributed by atoms with Gasteiger partial charge in [-0.3, -0.25) is 0 Å². The number of nitrogens with one attached hydrogen (secondary N) is 2. The smallest absolute Gasteiger partial charge is 0.245 e. The number of hydrogen-bond donors (Lipinski definition) is 2. The van der Waals surface area contributed by atoms with Gasteiger partial charge in [0.25, 0.3) is 0 Å². The summed E-state index contributed by atoms with van der Waals surface area (Å²) >= 11 is 3.12. The molecular weight excluding hydrogens is 296 g/mol. The fourth-order valence-electron chi connectivity index (χ4n) is 1.33. The molecule has 0 saturated heterocycles. The molecule has 2 N–H and O–H groups in total. The Morgan fingerprint density at radius 2 is 2.25 bits per heavy atom. The van der Waals surface area contributed by atoms with Crippen molar-refractivity contribution in [2.45, 2.75) is 30.3 Å². The van der Waals surface area contributed by atoms with Crippen molar-refractivity contribution in [3.8, 4) is 0 Å². The van der Waals surface area contributed by atoms with Crippen LogP contribution in [0.4, 0.5) is 0 Å². The van der Waals surface area contributed by atoms with Gasteiger partial charge in [0, 0.05) is 12.1 Å². The third kappa shape index (κ3) is 2.65. The third-order valence-corrected chi connectivity index (χ3v) is 4.62. The molecule has 1 aliphatic carbocycles. The highest BCUT2D eigenvalue weighted by Crippen LogP contribution is 2.28. The highest BCUT2D eigenvalue weighted by Gasteiger charge is 2.30. The lowest BCUT2D eigenvalue weighted by atomic mass is 10.4. The maximum atomic E-state index is 11.9. The lowest BCUT2D eigenvalue weighted by Gasteiger charge is -2.01. The molecule has 0 aromatic carbocycles. The molecule has 16 heavy (non-hydrogen) atoms. The number of furan rings is 1. The van der Waals surface area contributed by atoms with E-state index in [-0.39, 0.29) is 15.6 Å². The first-order valence-electron chi connectivity index (χ1n) is 4.98. The van der Waals surface area contributed by atoms with E-state index in [2.05, 4.69) is 26.0 Å². The van der Waals surface area contributed by atoms with Crippen LogP contribution in [0.25, 0.3) is 0 Å². The predicted molar refractivity (Wildman–Crippen MR) is 62.5 cm³/mol. The van der Waals surface area contributed by atoms with Crippen LogP contribution in [0.2, 0.25) is 0 Å². The molecule has 7 heteroatoms. The van der Waals surface area contributed by atoms with Gasteiger partial charge in [-0.25, -0.2) is 13.1 Å². The molecule has 0 bridgehead atoms. The zero-order valence-electron chi connectivity index (χ0n) is 8.79. The van der Waals surface area contributed by atoms with Gasteiger partial charge in [0.05, 0.1) is 6.54 Å². The monoisotopic (exact) mass is 308 g/mol. The SMILES string of the molecule is CNCc1cc(S(=O)(=O)NC2CC2)c(Br)o1. The molecule has 1 fully saturated rings. The topological polar surface area (TPSA) is 71.3 Å². The van der Waals surface area contributed by atoms with Crippen molar-refractivity contribution in [2.24, 2.45) is 0 Å². The fourth-order valence-corrected chi connectivity index (χ4v) is 3.63. The van der Waals surface area contributed by atoms with Gasteiger partial charge in [-0.2, -0.15) is 0 Å². The predicted octanol–water partition coefficient (Wildman–Crippen LogP) is 1.20. The molecular formula is C9H13BrN2O3S. The molecule has 1 aromatic rings. The van der Waals surface area contributed by atoms with Gasteiger partial charge in [0.2, 0.25) is 10.0 Å². The summed E-state index contributed by atoms with van der Waals surface area (Å²) in [7, 11) is -1.67. The molecule has 0 spiro atoms. The second kappa shape index (κ2) is 4.48. The highest BCUT2D eigenvalue weighted by atomic mass is 79.9. The van der Waals surface area contributed by atoms with Crippen molar-refractivity contribution in [1.82, 2.24) is 10.0 Å². The molecule has 0 unspecified atom stereocenters. The Labute approximate surface area is 103 Å². The first-order valence-corrected chi connectivity index (χ1v) is 7.25. The number of sulfonamides is 1. The zero-order valence-corrected chi connectivity index (χ0v) is 11.2. The molecule has 2 rings (SSSR count). The summed E-state index contributed by atoms with van der Waals surface area (Å²) in [5.41, 5.74) is 0. The minimum atomic E-state index is -3.44. The lowest BCUT2D eigenvalue weighted by molar-refractivity contribution is 0.470. The molecule has 1 heterocycles. The maximum absolute atomic E-state index is 11.9. The molecule has 5 nitrogen and oxygen atoms in total. The van der Waals surface area contributed by atoms with Crippen molar-refractivity contribution in [3.63, 3.8) is 0 Å². The van der Waals surface area contributed by atoms with E-state index in [0.29, 0.717) is 12.3 Å². The van der Waals surface area contributed by atoms with Crippen molar-refractivity contribution in [2.75, 3.05) is 7.05 Å². The Hall–Kier alpha value is -0.370. The van der Waals surface area contributed by atoms with Crippen LogP contribution >= 0.6 is 15.9 Å². The number of rotatable bonds is 5. The van der Waals surface area contributed by atoms with E-state index in [9.17, 15) is 8.42 Å². The van der Waals surface area contributed by atoms with Crippen LogP contribution in [0.15, 0.2) is 20.0 Å². The summed E-state index contributed by atoms with van der Waals surface area (Å²) in [6.07, 6.45) is 1.83. The molecule has 1 aliphatic rings. The first kappa shape index (κ1) is 12.1. The van der Waals surface area contributed by atoms with Crippen molar-refractivity contribution < 1.29 is 12.8 Å². The molecule has 90 valence electrons. The zero-order chi connectivity index (χ0) is 11.8.